The van der Waals surface area contributed by atoms with Crippen LogP contribution in [-0.4, -0.2) is 34.6 Å². The lowest BCUT2D eigenvalue weighted by Crippen LogP contribution is -2.49. The third kappa shape index (κ3) is 7.38. The maximum Gasteiger partial charge on any atom is 0.242 e. The van der Waals surface area contributed by atoms with E-state index in [-0.39, 0.29) is 23.6 Å². The van der Waals surface area contributed by atoms with E-state index in [0.29, 0.717) is 27.4 Å². The molecule has 30 heavy (non-hydrogen) atoms. The number of hydrogen-bond donors (Lipinski definition) is 1. The second-order valence-electron chi connectivity index (χ2n) is 7.18. The van der Waals surface area contributed by atoms with Gasteiger partial charge in [0.25, 0.3) is 0 Å². The molecule has 8 heteroatoms. The van der Waals surface area contributed by atoms with Gasteiger partial charge in [0.1, 0.15) is 6.04 Å². The number of thioether (sulfide) groups is 1. The average Bonchev–Trinajstić information content (AvgIpc) is 2.67. The first-order valence-electron chi connectivity index (χ1n) is 9.54. The highest BCUT2D eigenvalue weighted by atomic mass is 35.5. The highest BCUT2D eigenvalue weighted by Gasteiger charge is 2.26. The lowest BCUT2D eigenvalue weighted by molar-refractivity contribution is -0.138. The van der Waals surface area contributed by atoms with Gasteiger partial charge in [0.05, 0.1) is 5.75 Å². The molecule has 0 radical (unpaired) electrons. The maximum atomic E-state index is 13.1. The van der Waals surface area contributed by atoms with Crippen molar-refractivity contribution in [1.29, 1.82) is 0 Å². The maximum absolute atomic E-state index is 13.1. The van der Waals surface area contributed by atoms with Gasteiger partial charge in [-0.2, -0.15) is 0 Å². The number of nitrogens with one attached hydrogen (secondary N) is 1. The molecule has 0 saturated carbocycles. The first-order chi connectivity index (χ1) is 14.2. The van der Waals surface area contributed by atoms with E-state index < -0.39 is 6.04 Å². The van der Waals surface area contributed by atoms with Gasteiger partial charge >= 0.3 is 0 Å². The molecule has 2 rings (SSSR count). The predicted molar refractivity (Wildman–Crippen MR) is 127 cm³/mol. The summed E-state index contributed by atoms with van der Waals surface area (Å²) >= 11 is 19.9. The highest BCUT2D eigenvalue weighted by Crippen LogP contribution is 2.28. The van der Waals surface area contributed by atoms with Crippen LogP contribution in [0.25, 0.3) is 0 Å². The molecule has 2 aromatic rings. The molecular weight excluding hydrogens is 463 g/mol. The molecule has 0 aliphatic rings. The smallest absolute Gasteiger partial charge is 0.242 e. The zero-order valence-corrected chi connectivity index (χ0v) is 20.2. The molecule has 0 bridgehead atoms. The molecule has 2 aromatic carbocycles. The van der Waals surface area contributed by atoms with Crippen LogP contribution in [0, 0.1) is 0 Å². The summed E-state index contributed by atoms with van der Waals surface area (Å²) in [4.78, 5) is 27.2. The van der Waals surface area contributed by atoms with Gasteiger partial charge in [0.2, 0.25) is 11.8 Å². The molecule has 0 spiro atoms. The molecule has 0 heterocycles. The zero-order chi connectivity index (χ0) is 22.3. The summed E-state index contributed by atoms with van der Waals surface area (Å²) in [7, 11) is 0. The normalized spacial score (nSPS) is 12.0. The Bertz CT molecular complexity index is 872. The van der Waals surface area contributed by atoms with E-state index in [1.807, 2.05) is 26.0 Å². The molecule has 1 N–H and O–H groups in total. The second kappa shape index (κ2) is 11.8. The molecule has 2 amide bonds. The van der Waals surface area contributed by atoms with E-state index in [0.717, 1.165) is 11.1 Å². The summed E-state index contributed by atoms with van der Waals surface area (Å²) in [6.45, 7) is 5.79. The SMILES string of the molecule is CC(C)NC(=O)[C@H](C)N(Cc1cccc(Cl)c1)C(=O)CSCc1c(Cl)cccc1Cl. The quantitative estimate of drug-likeness (QED) is 0.485. The number of carbonyl (C=O) groups excluding carboxylic acids is 2. The van der Waals surface area contributed by atoms with E-state index >= 15 is 0 Å². The Kier molecular flexibility index (Phi) is 9.82. The molecule has 162 valence electrons. The summed E-state index contributed by atoms with van der Waals surface area (Å²) in [5.74, 6) is 0.359. The Labute approximate surface area is 197 Å². The largest absolute Gasteiger partial charge is 0.352 e. The molecule has 4 nitrogen and oxygen atoms in total. The molecule has 0 fully saturated rings. The lowest BCUT2D eigenvalue weighted by atomic mass is 10.1. The van der Waals surface area contributed by atoms with Crippen molar-refractivity contribution >= 4 is 58.4 Å². The van der Waals surface area contributed by atoms with E-state index in [4.69, 9.17) is 34.8 Å². The standard InChI is InChI=1S/C22H25Cl3N2O2S/c1-14(2)26-22(29)15(3)27(11-16-6-4-7-17(23)10-16)21(28)13-30-12-18-19(24)8-5-9-20(18)25/h4-10,14-15H,11-13H2,1-3H3,(H,26,29)/t15-/m0/s1. The van der Waals surface area contributed by atoms with Crippen molar-refractivity contribution in [1.82, 2.24) is 10.2 Å². The third-order valence-corrected chi connectivity index (χ3v) is 6.26. The minimum Gasteiger partial charge on any atom is -0.352 e. The number of carbonyl (C=O) groups is 2. The van der Waals surface area contributed by atoms with Crippen LogP contribution in [0.3, 0.4) is 0 Å². The van der Waals surface area contributed by atoms with E-state index in [1.165, 1.54) is 11.8 Å². The van der Waals surface area contributed by atoms with Crippen LogP contribution in [-0.2, 0) is 21.9 Å². The number of nitrogens with zero attached hydrogens (tertiary/aromatic N) is 1. The van der Waals surface area contributed by atoms with Crippen LogP contribution in [0.4, 0.5) is 0 Å². The lowest BCUT2D eigenvalue weighted by Gasteiger charge is -2.29. The van der Waals surface area contributed by atoms with Crippen LogP contribution in [0.1, 0.15) is 31.9 Å². The Morgan fingerprint density at radius 2 is 1.67 bits per heavy atom. The Morgan fingerprint density at radius 3 is 2.27 bits per heavy atom. The van der Waals surface area contributed by atoms with Crippen molar-refractivity contribution in [3.63, 3.8) is 0 Å². The minimum absolute atomic E-state index is 0.0141. The van der Waals surface area contributed by atoms with Crippen LogP contribution < -0.4 is 5.32 Å². The third-order valence-electron chi connectivity index (χ3n) is 4.37. The predicted octanol–water partition coefficient (Wildman–Crippen LogP) is 5.82. The summed E-state index contributed by atoms with van der Waals surface area (Å²) < 4.78 is 0. The first kappa shape index (κ1) is 24.9. The monoisotopic (exact) mass is 486 g/mol. The fraction of sp³-hybridized carbons (Fsp3) is 0.364. The molecule has 1 atom stereocenters. The molecule has 0 unspecified atom stereocenters. The van der Waals surface area contributed by atoms with Crippen LogP contribution in [0.15, 0.2) is 42.5 Å². The van der Waals surface area contributed by atoms with Gasteiger partial charge in [0, 0.05) is 33.4 Å². The topological polar surface area (TPSA) is 49.4 Å². The van der Waals surface area contributed by atoms with E-state index in [9.17, 15) is 9.59 Å². The van der Waals surface area contributed by atoms with Crippen molar-refractivity contribution in [2.75, 3.05) is 5.75 Å². The number of hydrogen-bond acceptors (Lipinski definition) is 3. The van der Waals surface area contributed by atoms with Crippen molar-refractivity contribution in [2.45, 2.75) is 45.2 Å². The highest BCUT2D eigenvalue weighted by molar-refractivity contribution is 7.99. The zero-order valence-electron chi connectivity index (χ0n) is 17.1. The van der Waals surface area contributed by atoms with Gasteiger partial charge in [-0.1, -0.05) is 53.0 Å². The van der Waals surface area contributed by atoms with Crippen molar-refractivity contribution in [3.8, 4) is 0 Å². The van der Waals surface area contributed by atoms with Gasteiger partial charge in [-0.25, -0.2) is 0 Å². The molecule has 0 aromatic heterocycles. The number of benzene rings is 2. The molecule has 0 saturated heterocycles. The first-order valence-corrected chi connectivity index (χ1v) is 11.8. The van der Waals surface area contributed by atoms with Gasteiger partial charge in [-0.05, 0) is 56.2 Å². The summed E-state index contributed by atoms with van der Waals surface area (Å²) in [5.41, 5.74) is 1.66. The van der Waals surface area contributed by atoms with Gasteiger partial charge in [-0.3, -0.25) is 9.59 Å². The Hall–Kier alpha value is -1.40. The van der Waals surface area contributed by atoms with Crippen molar-refractivity contribution in [2.24, 2.45) is 0 Å². The summed E-state index contributed by atoms with van der Waals surface area (Å²) in [6, 6.07) is 12.0. The van der Waals surface area contributed by atoms with Crippen LogP contribution in [0.2, 0.25) is 15.1 Å². The fourth-order valence-electron chi connectivity index (χ4n) is 2.81. The number of rotatable bonds is 9. The van der Waals surface area contributed by atoms with Gasteiger partial charge in [0.15, 0.2) is 0 Å². The van der Waals surface area contributed by atoms with Crippen molar-refractivity contribution < 1.29 is 9.59 Å². The fourth-order valence-corrected chi connectivity index (χ4v) is 4.67. The summed E-state index contributed by atoms with van der Waals surface area (Å²) in [6.07, 6.45) is 0. The van der Waals surface area contributed by atoms with E-state index in [2.05, 4.69) is 5.32 Å². The molecule has 0 aliphatic heterocycles. The van der Waals surface area contributed by atoms with Crippen LogP contribution >= 0.6 is 46.6 Å². The van der Waals surface area contributed by atoms with Crippen molar-refractivity contribution in [3.05, 3.63) is 68.7 Å². The minimum atomic E-state index is -0.622. The van der Waals surface area contributed by atoms with Crippen LogP contribution in [0.5, 0.6) is 0 Å². The second-order valence-corrected chi connectivity index (χ2v) is 9.42. The molecule has 0 aliphatic carbocycles. The Morgan fingerprint density at radius 1 is 1.03 bits per heavy atom. The molecular formula is C22H25Cl3N2O2S. The Balaban J connectivity index is 2.11. The average molecular weight is 488 g/mol. The number of amides is 2. The van der Waals surface area contributed by atoms with E-state index in [1.54, 1.807) is 42.2 Å². The van der Waals surface area contributed by atoms with Gasteiger partial charge < -0.3 is 10.2 Å². The number of halogens is 3. The summed E-state index contributed by atoms with van der Waals surface area (Å²) in [5, 5.41) is 4.60. The van der Waals surface area contributed by atoms with Gasteiger partial charge in [-0.15, -0.1) is 11.8 Å².